The monoisotopic (exact) mass is 327 g/mol. The summed E-state index contributed by atoms with van der Waals surface area (Å²) in [6.07, 6.45) is 1.78. The van der Waals surface area contributed by atoms with Gasteiger partial charge in [-0.25, -0.2) is 0 Å². The highest BCUT2D eigenvalue weighted by Crippen LogP contribution is 2.47. The summed E-state index contributed by atoms with van der Waals surface area (Å²) in [7, 11) is 4.77. The van der Waals surface area contributed by atoms with E-state index < -0.39 is 0 Å². The van der Waals surface area contributed by atoms with Crippen LogP contribution in [-0.4, -0.2) is 27.2 Å². The van der Waals surface area contributed by atoms with Gasteiger partial charge in [-0.05, 0) is 42.7 Å². The largest absolute Gasteiger partial charge is 0.496 e. The molecule has 5 heteroatoms. The first-order valence-corrected chi connectivity index (χ1v) is 7.81. The lowest BCUT2D eigenvalue weighted by molar-refractivity contribution is 0.0927. The lowest BCUT2D eigenvalue weighted by Crippen LogP contribution is -2.35. The van der Waals surface area contributed by atoms with Crippen LogP contribution in [0.15, 0.2) is 42.5 Å². The van der Waals surface area contributed by atoms with Gasteiger partial charge in [0.25, 0.3) is 5.91 Å². The van der Waals surface area contributed by atoms with Crippen LogP contribution in [0.1, 0.15) is 28.8 Å². The summed E-state index contributed by atoms with van der Waals surface area (Å²) < 4.78 is 15.9. The van der Waals surface area contributed by atoms with Crippen molar-refractivity contribution in [2.24, 2.45) is 0 Å². The van der Waals surface area contributed by atoms with Crippen LogP contribution in [0.2, 0.25) is 0 Å². The summed E-state index contributed by atoms with van der Waals surface area (Å²) in [5.41, 5.74) is 1.20. The maximum Gasteiger partial charge on any atom is 0.255 e. The highest BCUT2D eigenvalue weighted by atomic mass is 16.5. The molecule has 1 fully saturated rings. The van der Waals surface area contributed by atoms with Crippen molar-refractivity contribution in [1.29, 1.82) is 0 Å². The first kappa shape index (κ1) is 16.2. The van der Waals surface area contributed by atoms with Gasteiger partial charge in [0.05, 0.1) is 32.4 Å². The van der Waals surface area contributed by atoms with Crippen LogP contribution in [0.5, 0.6) is 17.2 Å². The van der Waals surface area contributed by atoms with Crippen LogP contribution in [0.3, 0.4) is 0 Å². The molecule has 0 aromatic heterocycles. The van der Waals surface area contributed by atoms with Gasteiger partial charge >= 0.3 is 0 Å². The normalized spacial score (nSPS) is 14.6. The van der Waals surface area contributed by atoms with Crippen molar-refractivity contribution in [3.8, 4) is 17.2 Å². The number of hydrogen-bond donors (Lipinski definition) is 1. The smallest absolute Gasteiger partial charge is 0.255 e. The van der Waals surface area contributed by atoms with Gasteiger partial charge in [0, 0.05) is 0 Å². The molecule has 24 heavy (non-hydrogen) atoms. The molecule has 0 saturated heterocycles. The fourth-order valence-corrected chi connectivity index (χ4v) is 2.86. The third-order valence-corrected chi connectivity index (χ3v) is 4.39. The minimum Gasteiger partial charge on any atom is -0.496 e. The summed E-state index contributed by atoms with van der Waals surface area (Å²) in [5.74, 6) is 1.76. The number of amides is 1. The van der Waals surface area contributed by atoms with E-state index in [1.807, 2.05) is 30.3 Å². The number of methoxy groups -OCH3 is 3. The van der Waals surface area contributed by atoms with E-state index in [9.17, 15) is 4.79 Å². The molecule has 126 valence electrons. The molecule has 5 nitrogen and oxygen atoms in total. The van der Waals surface area contributed by atoms with E-state index in [1.165, 1.54) is 0 Å². The van der Waals surface area contributed by atoms with Crippen molar-refractivity contribution >= 4 is 5.91 Å². The topological polar surface area (TPSA) is 56.8 Å². The number of nitrogens with one attached hydrogen (secondary N) is 1. The molecule has 1 aliphatic rings. The molecule has 0 radical (unpaired) electrons. The molecule has 0 spiro atoms. The molecule has 2 aromatic rings. The van der Waals surface area contributed by atoms with Gasteiger partial charge < -0.3 is 19.5 Å². The molecule has 1 amide bonds. The second-order valence-electron chi connectivity index (χ2n) is 5.81. The van der Waals surface area contributed by atoms with Crippen molar-refractivity contribution in [2.45, 2.75) is 18.4 Å². The highest BCUT2D eigenvalue weighted by Gasteiger charge is 2.46. The minimum atomic E-state index is -0.350. The van der Waals surface area contributed by atoms with Crippen LogP contribution in [0.4, 0.5) is 0 Å². The Kier molecular flexibility index (Phi) is 4.34. The molecule has 0 atom stereocenters. The van der Waals surface area contributed by atoms with Gasteiger partial charge in [-0.1, -0.05) is 18.2 Å². The van der Waals surface area contributed by atoms with Gasteiger partial charge in [0.15, 0.2) is 11.5 Å². The Morgan fingerprint density at radius 1 is 0.917 bits per heavy atom. The fourth-order valence-electron chi connectivity index (χ4n) is 2.86. The predicted molar refractivity (Wildman–Crippen MR) is 90.9 cm³/mol. The standard InChI is InChI=1S/C19H21NO4/c1-22-15-7-5-4-6-14(15)18(21)20-19(10-11-19)13-8-9-16(23-2)17(12-13)24-3/h4-9,12H,10-11H2,1-3H3,(H,20,21). The van der Waals surface area contributed by atoms with Gasteiger partial charge in [0.1, 0.15) is 5.75 Å². The number of hydrogen-bond acceptors (Lipinski definition) is 4. The van der Waals surface area contributed by atoms with E-state index in [1.54, 1.807) is 33.5 Å². The average Bonchev–Trinajstić information content (AvgIpc) is 3.41. The highest BCUT2D eigenvalue weighted by molar-refractivity contribution is 5.97. The van der Waals surface area contributed by atoms with Crippen molar-refractivity contribution in [1.82, 2.24) is 5.32 Å². The van der Waals surface area contributed by atoms with E-state index >= 15 is 0 Å². The Hall–Kier alpha value is -2.69. The molecule has 0 heterocycles. The molecular weight excluding hydrogens is 306 g/mol. The van der Waals surface area contributed by atoms with Crippen molar-refractivity contribution in [3.63, 3.8) is 0 Å². The predicted octanol–water partition coefficient (Wildman–Crippen LogP) is 3.13. The quantitative estimate of drug-likeness (QED) is 0.885. The van der Waals surface area contributed by atoms with Crippen LogP contribution >= 0.6 is 0 Å². The van der Waals surface area contributed by atoms with Crippen molar-refractivity contribution < 1.29 is 19.0 Å². The van der Waals surface area contributed by atoms with Crippen LogP contribution in [-0.2, 0) is 5.54 Å². The maximum atomic E-state index is 12.7. The second-order valence-corrected chi connectivity index (χ2v) is 5.81. The Balaban J connectivity index is 1.86. The second kappa shape index (κ2) is 6.43. The van der Waals surface area contributed by atoms with Crippen LogP contribution in [0, 0.1) is 0 Å². The van der Waals surface area contributed by atoms with Gasteiger partial charge in [0.2, 0.25) is 0 Å². The fraction of sp³-hybridized carbons (Fsp3) is 0.316. The Bertz CT molecular complexity index is 753. The van der Waals surface area contributed by atoms with E-state index in [0.717, 1.165) is 18.4 Å². The van der Waals surface area contributed by atoms with Gasteiger partial charge in [-0.15, -0.1) is 0 Å². The van der Waals surface area contributed by atoms with Crippen molar-refractivity contribution in [2.75, 3.05) is 21.3 Å². The Morgan fingerprint density at radius 2 is 1.58 bits per heavy atom. The third-order valence-electron chi connectivity index (χ3n) is 4.39. The summed E-state index contributed by atoms with van der Waals surface area (Å²) in [6.45, 7) is 0. The number of carbonyl (C=O) groups is 1. The first-order valence-electron chi connectivity index (χ1n) is 7.81. The minimum absolute atomic E-state index is 0.139. The number of benzene rings is 2. The molecule has 2 aromatic carbocycles. The summed E-state index contributed by atoms with van der Waals surface area (Å²) in [5, 5.41) is 3.15. The van der Waals surface area contributed by atoms with E-state index in [0.29, 0.717) is 22.8 Å². The van der Waals surface area contributed by atoms with Gasteiger partial charge in [-0.3, -0.25) is 4.79 Å². The average molecular weight is 327 g/mol. The molecule has 1 aliphatic carbocycles. The number of para-hydroxylation sites is 1. The SMILES string of the molecule is COc1ccc(C2(NC(=O)c3ccccc3OC)CC2)cc1OC. The lowest BCUT2D eigenvalue weighted by atomic mass is 10.0. The zero-order valence-corrected chi connectivity index (χ0v) is 14.1. The van der Waals surface area contributed by atoms with Gasteiger partial charge in [-0.2, -0.15) is 0 Å². The molecular formula is C19H21NO4. The molecule has 0 aliphatic heterocycles. The summed E-state index contributed by atoms with van der Waals surface area (Å²) in [4.78, 5) is 12.7. The van der Waals surface area contributed by atoms with Crippen LogP contribution < -0.4 is 19.5 Å². The summed E-state index contributed by atoms with van der Waals surface area (Å²) in [6, 6.07) is 13.0. The van der Waals surface area contributed by atoms with E-state index in [2.05, 4.69) is 5.32 Å². The third kappa shape index (κ3) is 2.89. The number of rotatable bonds is 6. The molecule has 1 saturated carbocycles. The first-order chi connectivity index (χ1) is 11.6. The van der Waals surface area contributed by atoms with Crippen LogP contribution in [0.25, 0.3) is 0 Å². The number of ether oxygens (including phenoxy) is 3. The molecule has 0 unspecified atom stereocenters. The summed E-state index contributed by atoms with van der Waals surface area (Å²) >= 11 is 0. The Labute approximate surface area is 141 Å². The molecule has 1 N–H and O–H groups in total. The van der Waals surface area contributed by atoms with E-state index in [-0.39, 0.29) is 11.4 Å². The lowest BCUT2D eigenvalue weighted by Gasteiger charge is -2.20. The zero-order chi connectivity index (χ0) is 17.2. The zero-order valence-electron chi connectivity index (χ0n) is 14.1. The molecule has 0 bridgehead atoms. The Morgan fingerprint density at radius 3 is 2.21 bits per heavy atom. The van der Waals surface area contributed by atoms with Crippen molar-refractivity contribution in [3.05, 3.63) is 53.6 Å². The van der Waals surface area contributed by atoms with E-state index in [4.69, 9.17) is 14.2 Å². The number of carbonyl (C=O) groups excluding carboxylic acids is 1. The molecule has 3 rings (SSSR count). The maximum absolute atomic E-state index is 12.7.